The zero-order valence-electron chi connectivity index (χ0n) is 13.7. The summed E-state index contributed by atoms with van der Waals surface area (Å²) in [6, 6.07) is 2.65. The Morgan fingerprint density at radius 1 is 1.17 bits per heavy atom. The second-order valence-electron chi connectivity index (χ2n) is 7.78. The Labute approximate surface area is 137 Å². The first-order chi connectivity index (χ1) is 11.3. The summed E-state index contributed by atoms with van der Waals surface area (Å²) >= 11 is 0. The van der Waals surface area contributed by atoms with Crippen LogP contribution in [0, 0.1) is 5.92 Å². The van der Waals surface area contributed by atoms with E-state index in [1.165, 1.54) is 43.2 Å². The Morgan fingerprint density at radius 2 is 2.13 bits per heavy atom. The van der Waals surface area contributed by atoms with E-state index >= 15 is 0 Å². The molecule has 23 heavy (non-hydrogen) atoms. The van der Waals surface area contributed by atoms with Gasteiger partial charge < -0.3 is 20.5 Å². The molecule has 4 nitrogen and oxygen atoms in total. The summed E-state index contributed by atoms with van der Waals surface area (Å²) in [7, 11) is 0. The average Bonchev–Trinajstić information content (AvgIpc) is 2.83. The predicted molar refractivity (Wildman–Crippen MR) is 90.5 cm³/mol. The van der Waals surface area contributed by atoms with Gasteiger partial charge in [0.15, 0.2) is 11.5 Å². The maximum absolute atomic E-state index is 10.6. The number of rotatable bonds is 0. The van der Waals surface area contributed by atoms with Crippen LogP contribution in [0.4, 0.5) is 5.69 Å². The quantitative estimate of drug-likeness (QED) is 0.689. The van der Waals surface area contributed by atoms with Crippen molar-refractivity contribution in [2.75, 3.05) is 25.0 Å². The van der Waals surface area contributed by atoms with E-state index in [9.17, 15) is 5.11 Å². The minimum atomic E-state index is 0.280. The van der Waals surface area contributed by atoms with Crippen molar-refractivity contribution in [1.82, 2.24) is 5.32 Å². The number of ether oxygens (including phenoxy) is 1. The summed E-state index contributed by atoms with van der Waals surface area (Å²) in [6.07, 6.45) is 8.56. The summed E-state index contributed by atoms with van der Waals surface area (Å²) in [6.45, 7) is 2.72. The number of hydrogen-bond donors (Lipinski definition) is 3. The number of nitrogens with one attached hydrogen (secondary N) is 2. The lowest BCUT2D eigenvalue weighted by Gasteiger charge is -2.56. The van der Waals surface area contributed by atoms with E-state index in [2.05, 4.69) is 16.7 Å². The molecule has 5 rings (SSSR count). The summed E-state index contributed by atoms with van der Waals surface area (Å²) in [5.41, 5.74) is 4.20. The van der Waals surface area contributed by atoms with Crippen LogP contribution in [0.3, 0.4) is 0 Å². The van der Waals surface area contributed by atoms with Gasteiger partial charge in [-0.3, -0.25) is 0 Å². The van der Waals surface area contributed by atoms with E-state index < -0.39 is 0 Å². The molecule has 0 amide bonds. The van der Waals surface area contributed by atoms with Crippen LogP contribution in [0.2, 0.25) is 0 Å². The SMILES string of the molecule is Oc1cc2c(c3c1OCCCN3)C[C@@H]1NCC[C@]23CCCCC13. The average molecular weight is 314 g/mol. The van der Waals surface area contributed by atoms with E-state index in [0.29, 0.717) is 24.1 Å². The molecule has 2 aliphatic heterocycles. The molecule has 3 N–H and O–H groups in total. The zero-order chi connectivity index (χ0) is 15.4. The fraction of sp³-hybridized carbons (Fsp3) is 0.684. The molecular weight excluding hydrogens is 288 g/mol. The van der Waals surface area contributed by atoms with Crippen molar-refractivity contribution in [3.05, 3.63) is 17.2 Å². The number of fused-ring (bicyclic) bond motifs is 3. The molecule has 1 saturated heterocycles. The first-order valence-electron chi connectivity index (χ1n) is 9.29. The van der Waals surface area contributed by atoms with Gasteiger partial charge in [0, 0.05) is 18.0 Å². The number of anilines is 1. The second-order valence-corrected chi connectivity index (χ2v) is 7.78. The third-order valence-electron chi connectivity index (χ3n) is 6.76. The predicted octanol–water partition coefficient (Wildman–Crippen LogP) is 2.93. The molecule has 1 aromatic carbocycles. The maximum Gasteiger partial charge on any atom is 0.184 e. The van der Waals surface area contributed by atoms with E-state index in [0.717, 1.165) is 37.5 Å². The molecule has 2 heterocycles. The molecule has 124 valence electrons. The van der Waals surface area contributed by atoms with Gasteiger partial charge in [0.2, 0.25) is 0 Å². The van der Waals surface area contributed by atoms with Crippen LogP contribution in [-0.4, -0.2) is 30.8 Å². The number of hydrogen-bond acceptors (Lipinski definition) is 4. The third kappa shape index (κ3) is 1.87. The molecule has 2 bridgehead atoms. The van der Waals surface area contributed by atoms with Crippen LogP contribution < -0.4 is 15.4 Å². The van der Waals surface area contributed by atoms with Gasteiger partial charge in [-0.2, -0.15) is 0 Å². The van der Waals surface area contributed by atoms with E-state index in [-0.39, 0.29) is 5.41 Å². The van der Waals surface area contributed by atoms with Crippen LogP contribution in [0.15, 0.2) is 6.07 Å². The molecule has 1 unspecified atom stereocenters. The van der Waals surface area contributed by atoms with E-state index in [1.54, 1.807) is 0 Å². The largest absolute Gasteiger partial charge is 0.504 e. The van der Waals surface area contributed by atoms with Crippen LogP contribution in [0.5, 0.6) is 11.5 Å². The molecule has 2 aliphatic carbocycles. The topological polar surface area (TPSA) is 53.5 Å². The molecule has 2 fully saturated rings. The Kier molecular flexibility index (Phi) is 3.06. The van der Waals surface area contributed by atoms with Crippen molar-refractivity contribution < 1.29 is 9.84 Å². The Morgan fingerprint density at radius 3 is 3.09 bits per heavy atom. The maximum atomic E-state index is 10.6. The Hall–Kier alpha value is -1.42. The summed E-state index contributed by atoms with van der Waals surface area (Å²) in [5, 5.41) is 18.0. The van der Waals surface area contributed by atoms with E-state index in [4.69, 9.17) is 4.74 Å². The van der Waals surface area contributed by atoms with Crippen molar-refractivity contribution in [3.63, 3.8) is 0 Å². The third-order valence-corrected chi connectivity index (χ3v) is 6.76. The standard InChI is InChI=1S/C19H26N2O2/c22-16-11-14-12(17-18(16)23-9-3-7-21-17)10-15-13-4-1-2-5-19(13,14)6-8-20-15/h11,13,15,20-22H,1-10H2/t13?,15-,19-/m0/s1. The minimum Gasteiger partial charge on any atom is -0.504 e. The fourth-order valence-corrected chi connectivity index (χ4v) is 5.83. The number of phenolic OH excluding ortho intramolecular Hbond substituents is 1. The van der Waals surface area contributed by atoms with Gasteiger partial charge >= 0.3 is 0 Å². The highest BCUT2D eigenvalue weighted by Gasteiger charge is 2.52. The van der Waals surface area contributed by atoms with E-state index in [1.807, 2.05) is 0 Å². The van der Waals surface area contributed by atoms with Gasteiger partial charge in [-0.15, -0.1) is 0 Å². The molecule has 3 atom stereocenters. The number of phenols is 1. The molecule has 4 heteroatoms. The smallest absolute Gasteiger partial charge is 0.184 e. The van der Waals surface area contributed by atoms with Gasteiger partial charge in [-0.1, -0.05) is 12.8 Å². The summed E-state index contributed by atoms with van der Waals surface area (Å²) < 4.78 is 5.87. The van der Waals surface area contributed by atoms with Gasteiger partial charge in [0.25, 0.3) is 0 Å². The molecular formula is C19H26N2O2. The van der Waals surface area contributed by atoms with Gasteiger partial charge in [-0.05, 0) is 61.8 Å². The summed E-state index contributed by atoms with van der Waals surface area (Å²) in [5.74, 6) is 1.76. The van der Waals surface area contributed by atoms with Crippen LogP contribution in [-0.2, 0) is 11.8 Å². The Bertz CT molecular complexity index is 641. The summed E-state index contributed by atoms with van der Waals surface area (Å²) in [4.78, 5) is 0. The highest BCUT2D eigenvalue weighted by Crippen LogP contribution is 2.57. The number of piperidine rings is 1. The van der Waals surface area contributed by atoms with Crippen molar-refractivity contribution in [2.45, 2.75) is 56.4 Å². The highest BCUT2D eigenvalue weighted by atomic mass is 16.5. The molecule has 1 aromatic rings. The zero-order valence-corrected chi connectivity index (χ0v) is 13.7. The molecule has 1 saturated carbocycles. The minimum absolute atomic E-state index is 0.280. The molecule has 0 aromatic heterocycles. The lowest BCUT2D eigenvalue weighted by molar-refractivity contribution is 0.0796. The van der Waals surface area contributed by atoms with Gasteiger partial charge in [-0.25, -0.2) is 0 Å². The van der Waals surface area contributed by atoms with Gasteiger partial charge in [0.05, 0.1) is 12.3 Å². The van der Waals surface area contributed by atoms with Crippen LogP contribution >= 0.6 is 0 Å². The van der Waals surface area contributed by atoms with Crippen molar-refractivity contribution in [3.8, 4) is 11.5 Å². The molecule has 0 radical (unpaired) electrons. The van der Waals surface area contributed by atoms with Gasteiger partial charge in [0.1, 0.15) is 0 Å². The molecule has 4 aliphatic rings. The van der Waals surface area contributed by atoms with Crippen molar-refractivity contribution >= 4 is 5.69 Å². The normalized spacial score (nSPS) is 35.0. The lowest BCUT2D eigenvalue weighted by atomic mass is 9.52. The number of aromatic hydroxyl groups is 1. The fourth-order valence-electron chi connectivity index (χ4n) is 5.83. The first-order valence-corrected chi connectivity index (χ1v) is 9.29. The van der Waals surface area contributed by atoms with Crippen molar-refractivity contribution in [2.24, 2.45) is 5.92 Å². The lowest BCUT2D eigenvalue weighted by Crippen LogP contribution is -2.59. The number of benzene rings is 1. The monoisotopic (exact) mass is 314 g/mol. The molecule has 0 spiro atoms. The van der Waals surface area contributed by atoms with Crippen LogP contribution in [0.25, 0.3) is 0 Å². The second kappa shape index (κ2) is 5.04. The highest BCUT2D eigenvalue weighted by molar-refractivity contribution is 5.72. The van der Waals surface area contributed by atoms with Crippen molar-refractivity contribution in [1.29, 1.82) is 0 Å². The Balaban J connectivity index is 1.73. The van der Waals surface area contributed by atoms with Crippen LogP contribution in [0.1, 0.15) is 49.7 Å². The first kappa shape index (κ1) is 14.0.